The number of hydrogen-bond acceptors (Lipinski definition) is 3. The summed E-state index contributed by atoms with van der Waals surface area (Å²) in [6.07, 6.45) is 1.84. The van der Waals surface area contributed by atoms with E-state index in [1.54, 1.807) is 16.9 Å². The lowest BCUT2D eigenvalue weighted by Gasteiger charge is -2.16. The predicted molar refractivity (Wildman–Crippen MR) is 90.4 cm³/mol. The molecule has 0 saturated heterocycles. The standard InChI is InChI=1S/C17H24N4O2/c1-4-13(3)21-16(8-9-19-21)20-17(23)18-11-15(22)14-7-5-6-12(2)10-14/h5-10,13,15,22H,4,11H2,1-3H3,(H2,18,20,23). The molecule has 2 atom stereocenters. The van der Waals surface area contributed by atoms with Crippen molar-refractivity contribution in [1.82, 2.24) is 15.1 Å². The van der Waals surface area contributed by atoms with Crippen LogP contribution in [0.2, 0.25) is 0 Å². The molecule has 0 aliphatic carbocycles. The van der Waals surface area contributed by atoms with E-state index in [1.165, 1.54) is 0 Å². The van der Waals surface area contributed by atoms with Crippen molar-refractivity contribution in [2.75, 3.05) is 11.9 Å². The zero-order valence-corrected chi connectivity index (χ0v) is 13.8. The highest BCUT2D eigenvalue weighted by Gasteiger charge is 2.13. The number of nitrogens with zero attached hydrogens (tertiary/aromatic N) is 2. The van der Waals surface area contributed by atoms with Gasteiger partial charge in [0, 0.05) is 12.6 Å². The third-order valence-electron chi connectivity index (χ3n) is 3.80. The molecule has 1 aromatic carbocycles. The van der Waals surface area contributed by atoms with Gasteiger partial charge in [-0.1, -0.05) is 36.8 Å². The Labute approximate surface area is 136 Å². The molecule has 2 rings (SSSR count). The van der Waals surface area contributed by atoms with Crippen molar-refractivity contribution in [1.29, 1.82) is 0 Å². The summed E-state index contributed by atoms with van der Waals surface area (Å²) in [6.45, 7) is 6.21. The van der Waals surface area contributed by atoms with Crippen molar-refractivity contribution >= 4 is 11.8 Å². The van der Waals surface area contributed by atoms with Crippen LogP contribution >= 0.6 is 0 Å². The number of carbonyl (C=O) groups excluding carboxylic acids is 1. The molecule has 2 aromatic rings. The molecule has 6 nitrogen and oxygen atoms in total. The van der Waals surface area contributed by atoms with Gasteiger partial charge in [-0.2, -0.15) is 5.10 Å². The molecule has 0 saturated carbocycles. The number of amides is 2. The Kier molecular flexibility index (Phi) is 5.76. The highest BCUT2D eigenvalue weighted by molar-refractivity contribution is 5.88. The van der Waals surface area contributed by atoms with Crippen molar-refractivity contribution < 1.29 is 9.90 Å². The van der Waals surface area contributed by atoms with Gasteiger partial charge >= 0.3 is 6.03 Å². The lowest BCUT2D eigenvalue weighted by Crippen LogP contribution is -2.33. The van der Waals surface area contributed by atoms with Crippen LogP contribution in [0.4, 0.5) is 10.6 Å². The molecular formula is C17H24N4O2. The van der Waals surface area contributed by atoms with Crippen molar-refractivity contribution in [3.8, 4) is 0 Å². The molecule has 0 aliphatic heterocycles. The number of urea groups is 1. The molecule has 0 radical (unpaired) electrons. The summed E-state index contributed by atoms with van der Waals surface area (Å²) >= 11 is 0. The Morgan fingerprint density at radius 1 is 1.39 bits per heavy atom. The Hall–Kier alpha value is -2.34. The molecule has 0 aliphatic rings. The van der Waals surface area contributed by atoms with Crippen LogP contribution in [0.1, 0.15) is 43.5 Å². The fourth-order valence-electron chi connectivity index (χ4n) is 2.28. The van der Waals surface area contributed by atoms with Crippen LogP contribution in [0.3, 0.4) is 0 Å². The van der Waals surface area contributed by atoms with Crippen LogP contribution in [-0.4, -0.2) is 27.5 Å². The topological polar surface area (TPSA) is 79.2 Å². The lowest BCUT2D eigenvalue weighted by atomic mass is 10.1. The number of nitrogens with one attached hydrogen (secondary N) is 2. The van der Waals surface area contributed by atoms with Crippen molar-refractivity contribution in [3.63, 3.8) is 0 Å². The second-order valence-corrected chi connectivity index (χ2v) is 5.68. The first-order valence-corrected chi connectivity index (χ1v) is 7.84. The SMILES string of the molecule is CCC(C)n1nccc1NC(=O)NCC(O)c1cccc(C)c1. The second kappa shape index (κ2) is 7.78. The molecule has 23 heavy (non-hydrogen) atoms. The average Bonchev–Trinajstić information content (AvgIpc) is 2.99. The summed E-state index contributed by atoms with van der Waals surface area (Å²) < 4.78 is 1.77. The first kappa shape index (κ1) is 17.0. The normalized spacial score (nSPS) is 13.4. The third-order valence-corrected chi connectivity index (χ3v) is 3.80. The van der Waals surface area contributed by atoms with Gasteiger partial charge in [0.2, 0.25) is 0 Å². The Morgan fingerprint density at radius 2 is 2.17 bits per heavy atom. The van der Waals surface area contributed by atoms with Gasteiger partial charge in [0.05, 0.1) is 18.3 Å². The van der Waals surface area contributed by atoms with Crippen LogP contribution in [0.5, 0.6) is 0 Å². The number of hydrogen-bond donors (Lipinski definition) is 3. The van der Waals surface area contributed by atoms with E-state index in [1.807, 2.05) is 38.1 Å². The first-order valence-electron chi connectivity index (χ1n) is 7.84. The summed E-state index contributed by atoms with van der Waals surface area (Å²) in [5.74, 6) is 0.641. The maximum atomic E-state index is 12.0. The highest BCUT2D eigenvalue weighted by Crippen LogP contribution is 2.16. The summed E-state index contributed by atoms with van der Waals surface area (Å²) in [5, 5.41) is 19.8. The van der Waals surface area contributed by atoms with Gasteiger partial charge in [-0.25, -0.2) is 9.48 Å². The zero-order chi connectivity index (χ0) is 16.8. The van der Waals surface area contributed by atoms with E-state index in [2.05, 4.69) is 22.7 Å². The fraction of sp³-hybridized carbons (Fsp3) is 0.412. The van der Waals surface area contributed by atoms with Crippen LogP contribution < -0.4 is 10.6 Å². The molecule has 2 amide bonds. The quantitative estimate of drug-likeness (QED) is 0.766. The van der Waals surface area contributed by atoms with E-state index in [9.17, 15) is 9.90 Å². The van der Waals surface area contributed by atoms with Gasteiger partial charge in [0.25, 0.3) is 0 Å². The Balaban J connectivity index is 1.89. The lowest BCUT2D eigenvalue weighted by molar-refractivity contribution is 0.175. The largest absolute Gasteiger partial charge is 0.387 e. The molecule has 0 bridgehead atoms. The van der Waals surface area contributed by atoms with Gasteiger partial charge < -0.3 is 10.4 Å². The number of aliphatic hydroxyl groups excluding tert-OH is 1. The minimum absolute atomic E-state index is 0.146. The minimum atomic E-state index is -0.736. The monoisotopic (exact) mass is 316 g/mol. The van der Waals surface area contributed by atoms with Gasteiger partial charge in [0.15, 0.2) is 0 Å². The molecule has 0 fully saturated rings. The summed E-state index contributed by atoms with van der Waals surface area (Å²) in [5.41, 5.74) is 1.86. The fourth-order valence-corrected chi connectivity index (χ4v) is 2.28. The van der Waals surface area contributed by atoms with Crippen LogP contribution in [0, 0.1) is 6.92 Å². The molecule has 1 aromatic heterocycles. The summed E-state index contributed by atoms with van der Waals surface area (Å²) in [6, 6.07) is 9.20. The van der Waals surface area contributed by atoms with Crippen molar-refractivity contribution in [2.45, 2.75) is 39.3 Å². The molecule has 3 N–H and O–H groups in total. The number of aliphatic hydroxyl groups is 1. The summed E-state index contributed by atoms with van der Waals surface area (Å²) in [4.78, 5) is 12.0. The van der Waals surface area contributed by atoms with E-state index < -0.39 is 6.10 Å². The first-order chi connectivity index (χ1) is 11.0. The molecule has 0 spiro atoms. The predicted octanol–water partition coefficient (Wildman–Crippen LogP) is 3.02. The Morgan fingerprint density at radius 3 is 2.87 bits per heavy atom. The number of rotatable bonds is 6. The number of carbonyl (C=O) groups is 1. The maximum absolute atomic E-state index is 12.0. The van der Waals surface area contributed by atoms with Gasteiger partial charge in [-0.15, -0.1) is 0 Å². The van der Waals surface area contributed by atoms with Crippen LogP contribution in [-0.2, 0) is 0 Å². The molecular weight excluding hydrogens is 292 g/mol. The van der Waals surface area contributed by atoms with Crippen molar-refractivity contribution in [2.24, 2.45) is 0 Å². The molecule has 124 valence electrons. The minimum Gasteiger partial charge on any atom is -0.387 e. The van der Waals surface area contributed by atoms with Gasteiger partial charge in [-0.05, 0) is 25.8 Å². The van der Waals surface area contributed by atoms with E-state index in [4.69, 9.17) is 0 Å². The van der Waals surface area contributed by atoms with Gasteiger partial charge in [-0.3, -0.25) is 5.32 Å². The molecule has 1 heterocycles. The smallest absolute Gasteiger partial charge is 0.320 e. The van der Waals surface area contributed by atoms with E-state index in [0.29, 0.717) is 5.82 Å². The number of aromatic nitrogens is 2. The summed E-state index contributed by atoms with van der Waals surface area (Å²) in [7, 11) is 0. The maximum Gasteiger partial charge on any atom is 0.320 e. The number of benzene rings is 1. The van der Waals surface area contributed by atoms with E-state index in [-0.39, 0.29) is 18.6 Å². The zero-order valence-electron chi connectivity index (χ0n) is 13.8. The second-order valence-electron chi connectivity index (χ2n) is 5.68. The van der Waals surface area contributed by atoms with E-state index >= 15 is 0 Å². The Bertz CT molecular complexity index is 654. The number of anilines is 1. The van der Waals surface area contributed by atoms with Crippen LogP contribution in [0.25, 0.3) is 0 Å². The average molecular weight is 316 g/mol. The molecule has 6 heteroatoms. The van der Waals surface area contributed by atoms with E-state index in [0.717, 1.165) is 17.5 Å². The van der Waals surface area contributed by atoms with Gasteiger partial charge in [0.1, 0.15) is 5.82 Å². The highest BCUT2D eigenvalue weighted by atomic mass is 16.3. The van der Waals surface area contributed by atoms with Crippen molar-refractivity contribution in [3.05, 3.63) is 47.7 Å². The van der Waals surface area contributed by atoms with Crippen LogP contribution in [0.15, 0.2) is 36.5 Å². The third kappa shape index (κ3) is 4.56. The number of aryl methyl sites for hydroxylation is 1. The molecule has 2 unspecified atom stereocenters.